The van der Waals surface area contributed by atoms with Crippen LogP contribution in [-0.4, -0.2) is 39.2 Å². The first-order chi connectivity index (χ1) is 16.6. The number of ether oxygens (including phenoxy) is 2. The van der Waals surface area contributed by atoms with E-state index in [-0.39, 0.29) is 22.9 Å². The second-order valence-corrected chi connectivity index (χ2v) is 9.81. The minimum Gasteiger partial charge on any atom is -0.462 e. The first-order valence-electron chi connectivity index (χ1n) is 10.7. The van der Waals surface area contributed by atoms with Gasteiger partial charge in [-0.1, -0.05) is 29.8 Å². The van der Waals surface area contributed by atoms with Crippen LogP contribution in [0.2, 0.25) is 5.02 Å². The molecule has 0 aliphatic carbocycles. The molecule has 1 atom stereocenters. The van der Waals surface area contributed by atoms with E-state index in [2.05, 4.69) is 5.32 Å². The van der Waals surface area contributed by atoms with Gasteiger partial charge >= 0.3 is 5.97 Å². The van der Waals surface area contributed by atoms with Crippen molar-refractivity contribution in [2.24, 2.45) is 0 Å². The molecule has 184 valence electrons. The summed E-state index contributed by atoms with van der Waals surface area (Å²) in [6, 6.07) is 18.7. The maximum atomic E-state index is 13.0. The van der Waals surface area contributed by atoms with Crippen molar-refractivity contribution in [1.82, 2.24) is 0 Å². The van der Waals surface area contributed by atoms with Gasteiger partial charge in [-0.2, -0.15) is 0 Å². The Balaban J connectivity index is 1.80. The Labute approximate surface area is 209 Å². The van der Waals surface area contributed by atoms with Gasteiger partial charge in [-0.3, -0.25) is 9.10 Å². The molecule has 0 saturated carbocycles. The summed E-state index contributed by atoms with van der Waals surface area (Å²) in [4.78, 5) is 25.1. The van der Waals surface area contributed by atoms with Crippen LogP contribution in [-0.2, 0) is 19.6 Å². The number of rotatable bonds is 9. The van der Waals surface area contributed by atoms with E-state index in [9.17, 15) is 18.0 Å². The fourth-order valence-corrected chi connectivity index (χ4v) is 4.68. The van der Waals surface area contributed by atoms with Gasteiger partial charge < -0.3 is 14.8 Å². The molecule has 0 bridgehead atoms. The number of nitrogens with zero attached hydrogens (tertiary/aromatic N) is 1. The van der Waals surface area contributed by atoms with E-state index < -0.39 is 27.9 Å². The van der Waals surface area contributed by atoms with E-state index in [1.54, 1.807) is 43.3 Å². The Morgan fingerprint density at radius 1 is 1.00 bits per heavy atom. The number of nitrogens with one attached hydrogen (secondary N) is 1. The highest BCUT2D eigenvalue weighted by Gasteiger charge is 2.29. The summed E-state index contributed by atoms with van der Waals surface area (Å²) >= 11 is 6.07. The third kappa shape index (κ3) is 6.74. The third-order valence-electron chi connectivity index (χ3n) is 4.89. The van der Waals surface area contributed by atoms with Crippen LogP contribution in [0.3, 0.4) is 0 Å². The predicted molar refractivity (Wildman–Crippen MR) is 136 cm³/mol. The molecule has 0 unspecified atom stereocenters. The lowest BCUT2D eigenvalue weighted by atomic mass is 10.2. The van der Waals surface area contributed by atoms with E-state index >= 15 is 0 Å². The van der Waals surface area contributed by atoms with Gasteiger partial charge in [-0.25, -0.2) is 13.2 Å². The molecule has 0 aliphatic rings. The van der Waals surface area contributed by atoms with Crippen LogP contribution >= 0.6 is 11.6 Å². The quantitative estimate of drug-likeness (QED) is 0.397. The van der Waals surface area contributed by atoms with Gasteiger partial charge in [0.05, 0.1) is 29.1 Å². The van der Waals surface area contributed by atoms with Crippen LogP contribution in [0.4, 0.5) is 11.4 Å². The summed E-state index contributed by atoms with van der Waals surface area (Å²) in [6.07, 6.45) is 1.02. The molecule has 10 heteroatoms. The highest BCUT2D eigenvalue weighted by Crippen LogP contribution is 2.28. The number of amides is 1. The van der Waals surface area contributed by atoms with Crippen molar-refractivity contribution in [3.63, 3.8) is 0 Å². The summed E-state index contributed by atoms with van der Waals surface area (Å²) < 4.78 is 36.9. The van der Waals surface area contributed by atoms with Crippen molar-refractivity contribution in [3.8, 4) is 11.5 Å². The van der Waals surface area contributed by atoms with Crippen LogP contribution in [0.15, 0.2) is 72.8 Å². The smallest absolute Gasteiger partial charge is 0.339 e. The van der Waals surface area contributed by atoms with Crippen LogP contribution < -0.4 is 14.4 Å². The van der Waals surface area contributed by atoms with Crippen LogP contribution in [0.5, 0.6) is 11.5 Å². The molecule has 0 aliphatic heterocycles. The van der Waals surface area contributed by atoms with Crippen LogP contribution in [0.25, 0.3) is 0 Å². The molecule has 8 nitrogen and oxygen atoms in total. The molecule has 0 fully saturated rings. The largest absolute Gasteiger partial charge is 0.462 e. The fourth-order valence-electron chi connectivity index (χ4n) is 3.31. The molecule has 3 aromatic carbocycles. The summed E-state index contributed by atoms with van der Waals surface area (Å²) in [5, 5.41) is 2.81. The summed E-state index contributed by atoms with van der Waals surface area (Å²) in [6.45, 7) is 3.30. The van der Waals surface area contributed by atoms with Gasteiger partial charge in [-0.15, -0.1) is 0 Å². The predicted octanol–water partition coefficient (Wildman–Crippen LogP) is 5.10. The Kier molecular flexibility index (Phi) is 8.37. The normalized spacial score (nSPS) is 11.9. The van der Waals surface area contributed by atoms with Gasteiger partial charge in [0.15, 0.2) is 0 Å². The molecule has 0 spiro atoms. The van der Waals surface area contributed by atoms with Crippen molar-refractivity contribution in [2.75, 3.05) is 22.5 Å². The van der Waals surface area contributed by atoms with Crippen molar-refractivity contribution in [3.05, 3.63) is 83.4 Å². The first kappa shape index (κ1) is 26.1. The Morgan fingerprint density at radius 3 is 2.23 bits per heavy atom. The zero-order valence-corrected chi connectivity index (χ0v) is 21.0. The molecule has 0 heterocycles. The van der Waals surface area contributed by atoms with Gasteiger partial charge in [-0.05, 0) is 68.4 Å². The molecular weight excluding hydrogens is 492 g/mol. The van der Waals surface area contributed by atoms with E-state index in [4.69, 9.17) is 21.1 Å². The van der Waals surface area contributed by atoms with Crippen molar-refractivity contribution >= 4 is 44.9 Å². The van der Waals surface area contributed by atoms with E-state index in [1.807, 2.05) is 18.2 Å². The molecule has 1 amide bonds. The zero-order chi connectivity index (χ0) is 25.6. The highest BCUT2D eigenvalue weighted by molar-refractivity contribution is 7.92. The Bertz CT molecular complexity index is 1300. The zero-order valence-electron chi connectivity index (χ0n) is 19.4. The number of anilines is 2. The topological polar surface area (TPSA) is 102 Å². The number of halogens is 1. The second-order valence-electron chi connectivity index (χ2n) is 7.55. The minimum absolute atomic E-state index is 0.0907. The number of benzene rings is 3. The maximum Gasteiger partial charge on any atom is 0.339 e. The number of hydrogen-bond acceptors (Lipinski definition) is 6. The Hall–Kier alpha value is -3.56. The summed E-state index contributed by atoms with van der Waals surface area (Å²) in [5.41, 5.74) is 0.654. The molecule has 3 rings (SSSR count). The Morgan fingerprint density at radius 2 is 1.63 bits per heavy atom. The maximum absolute atomic E-state index is 13.0. The monoisotopic (exact) mass is 516 g/mol. The summed E-state index contributed by atoms with van der Waals surface area (Å²) in [5.74, 6) is -0.0781. The molecule has 3 aromatic rings. The number of para-hydroxylation sites is 1. The minimum atomic E-state index is -3.83. The lowest BCUT2D eigenvalue weighted by Crippen LogP contribution is -2.45. The van der Waals surface area contributed by atoms with Crippen molar-refractivity contribution in [2.45, 2.75) is 19.9 Å². The van der Waals surface area contributed by atoms with E-state index in [0.29, 0.717) is 17.2 Å². The lowest BCUT2D eigenvalue weighted by Gasteiger charge is -2.28. The van der Waals surface area contributed by atoms with Gasteiger partial charge in [0, 0.05) is 5.69 Å². The van der Waals surface area contributed by atoms with Gasteiger partial charge in [0.2, 0.25) is 15.9 Å². The molecular formula is C25H25ClN2O6S. The lowest BCUT2D eigenvalue weighted by molar-refractivity contribution is -0.116. The number of hydrogen-bond donors (Lipinski definition) is 1. The number of carbonyl (C=O) groups is 2. The van der Waals surface area contributed by atoms with Crippen LogP contribution in [0.1, 0.15) is 24.2 Å². The standard InChI is InChI=1S/C25H25ClN2O6S/c1-4-33-25(30)22-16-18(10-15-23(22)26)27-24(29)17(2)28(35(3,31)32)19-11-13-21(14-12-19)34-20-8-6-5-7-9-20/h5-17H,4H2,1-3H3,(H,27,29)/t17-/m0/s1. The molecule has 35 heavy (non-hydrogen) atoms. The molecule has 0 saturated heterocycles. The average molecular weight is 517 g/mol. The van der Waals surface area contributed by atoms with Gasteiger partial charge in [0.1, 0.15) is 17.5 Å². The number of carbonyl (C=O) groups excluding carboxylic acids is 2. The van der Waals surface area contributed by atoms with E-state index in [0.717, 1.165) is 10.6 Å². The molecule has 0 aromatic heterocycles. The van der Waals surface area contributed by atoms with Crippen molar-refractivity contribution in [1.29, 1.82) is 0 Å². The average Bonchev–Trinajstić information content (AvgIpc) is 2.81. The first-order valence-corrected chi connectivity index (χ1v) is 12.9. The summed E-state index contributed by atoms with van der Waals surface area (Å²) in [7, 11) is -3.83. The second kappa shape index (κ2) is 11.2. The van der Waals surface area contributed by atoms with Crippen LogP contribution in [0, 0.1) is 0 Å². The SMILES string of the molecule is CCOC(=O)c1cc(NC(=O)[C@H](C)N(c2ccc(Oc3ccccc3)cc2)S(C)(=O)=O)ccc1Cl. The highest BCUT2D eigenvalue weighted by atomic mass is 35.5. The third-order valence-corrected chi connectivity index (χ3v) is 6.46. The van der Waals surface area contributed by atoms with E-state index in [1.165, 1.54) is 25.1 Å². The number of sulfonamides is 1. The van der Waals surface area contributed by atoms with Crippen molar-refractivity contribution < 1.29 is 27.5 Å². The number of esters is 1. The molecule has 1 N–H and O–H groups in total. The molecule has 0 radical (unpaired) electrons. The van der Waals surface area contributed by atoms with Gasteiger partial charge in [0.25, 0.3) is 0 Å². The fraction of sp³-hybridized carbons (Fsp3) is 0.200.